The van der Waals surface area contributed by atoms with Gasteiger partial charge in [-0.1, -0.05) is 72.8 Å². The van der Waals surface area contributed by atoms with Crippen LogP contribution in [0.5, 0.6) is 5.75 Å². The van der Waals surface area contributed by atoms with E-state index in [2.05, 4.69) is 108 Å². The molecule has 0 saturated carbocycles. The van der Waals surface area contributed by atoms with Crippen molar-refractivity contribution in [1.82, 2.24) is 0 Å². The fourth-order valence-corrected chi connectivity index (χ4v) is 3.55. The highest BCUT2D eigenvalue weighted by Crippen LogP contribution is 2.17. The smallest absolute Gasteiger partial charge is 0.169 e. The summed E-state index contributed by atoms with van der Waals surface area (Å²) < 4.78 is 8.14. The summed E-state index contributed by atoms with van der Waals surface area (Å²) in [5.74, 6) is 0.947. The fourth-order valence-electron chi connectivity index (χ4n) is 3.55. The predicted octanol–water partition coefficient (Wildman–Crippen LogP) is 2.90. The van der Waals surface area contributed by atoms with Crippen LogP contribution in [-0.4, -0.2) is 6.61 Å². The maximum absolute atomic E-state index is 5.93. The van der Waals surface area contributed by atoms with Gasteiger partial charge in [0.25, 0.3) is 0 Å². The lowest BCUT2D eigenvalue weighted by Gasteiger charge is -2.07. The lowest BCUT2D eigenvalue weighted by molar-refractivity contribution is -0.697. The number of benzene rings is 3. The van der Waals surface area contributed by atoms with E-state index in [1.807, 2.05) is 6.07 Å². The van der Waals surface area contributed by atoms with Gasteiger partial charge in [-0.25, -0.2) is 4.57 Å². The number of ether oxygens (including phenoxy) is 1. The van der Waals surface area contributed by atoms with Crippen LogP contribution in [0.2, 0.25) is 0 Å². The molecule has 0 aliphatic rings. The second kappa shape index (κ2) is 12.1. The molecule has 0 atom stereocenters. The molecule has 0 saturated heterocycles. The van der Waals surface area contributed by atoms with Crippen molar-refractivity contribution in [3.05, 3.63) is 121 Å². The molecule has 4 rings (SSSR count). The standard InChI is InChI=1S/C28H28NO.BrH/c1-3-8-24(9-4-1)12-13-25-14-16-28(17-15-25)30-23-7-20-29-21-18-27(19-22-29)26-10-5-2-6-11-26;/h1-6,8-11,14-19,21-22H,7,12-13,20,23H2;1H/q+1;/p-1. The first-order chi connectivity index (χ1) is 14.9. The summed E-state index contributed by atoms with van der Waals surface area (Å²) in [4.78, 5) is 0. The van der Waals surface area contributed by atoms with E-state index in [9.17, 15) is 0 Å². The molecule has 0 N–H and O–H groups in total. The summed E-state index contributed by atoms with van der Waals surface area (Å²) in [6, 6.07) is 34.0. The largest absolute Gasteiger partial charge is 1.00 e. The van der Waals surface area contributed by atoms with Gasteiger partial charge in [0, 0.05) is 18.6 Å². The molecule has 0 aliphatic heterocycles. The Balaban J connectivity index is 0.00000272. The molecule has 0 bridgehead atoms. The normalized spacial score (nSPS) is 10.3. The maximum Gasteiger partial charge on any atom is 0.169 e. The summed E-state index contributed by atoms with van der Waals surface area (Å²) in [7, 11) is 0. The predicted molar refractivity (Wildman–Crippen MR) is 122 cm³/mol. The van der Waals surface area contributed by atoms with Crippen LogP contribution in [0.4, 0.5) is 0 Å². The first-order valence-electron chi connectivity index (χ1n) is 10.7. The maximum atomic E-state index is 5.93. The molecular weight excluding hydrogens is 446 g/mol. The number of hydrogen-bond donors (Lipinski definition) is 0. The highest BCUT2D eigenvalue weighted by Gasteiger charge is 2.03. The number of nitrogens with zero attached hydrogens (tertiary/aromatic N) is 1. The van der Waals surface area contributed by atoms with Crippen molar-refractivity contribution >= 4 is 0 Å². The van der Waals surface area contributed by atoms with Gasteiger partial charge in [0.1, 0.15) is 5.75 Å². The van der Waals surface area contributed by atoms with E-state index < -0.39 is 0 Å². The summed E-state index contributed by atoms with van der Waals surface area (Å²) in [6.07, 6.45) is 7.39. The Labute approximate surface area is 195 Å². The SMILES string of the molecule is [Br-].c1ccc(CCc2ccc(OCCC[n+]3ccc(-c4ccccc4)cc3)cc2)cc1. The number of rotatable bonds is 9. The third kappa shape index (κ3) is 7.08. The minimum Gasteiger partial charge on any atom is -1.00 e. The summed E-state index contributed by atoms with van der Waals surface area (Å²) >= 11 is 0. The monoisotopic (exact) mass is 473 g/mol. The third-order valence-corrected chi connectivity index (χ3v) is 5.30. The highest BCUT2D eigenvalue weighted by molar-refractivity contribution is 5.61. The molecule has 1 aromatic heterocycles. The number of pyridine rings is 1. The van der Waals surface area contributed by atoms with Gasteiger partial charge >= 0.3 is 0 Å². The molecule has 1 heterocycles. The Morgan fingerprint density at radius 1 is 0.581 bits per heavy atom. The van der Waals surface area contributed by atoms with Crippen LogP contribution in [-0.2, 0) is 19.4 Å². The molecule has 0 unspecified atom stereocenters. The van der Waals surface area contributed by atoms with Crippen molar-refractivity contribution in [2.45, 2.75) is 25.8 Å². The van der Waals surface area contributed by atoms with Crippen molar-refractivity contribution < 1.29 is 26.3 Å². The number of aromatic nitrogens is 1. The van der Waals surface area contributed by atoms with Crippen LogP contribution in [0.3, 0.4) is 0 Å². The second-order valence-electron chi connectivity index (χ2n) is 7.52. The molecule has 3 heteroatoms. The van der Waals surface area contributed by atoms with Crippen LogP contribution >= 0.6 is 0 Å². The van der Waals surface area contributed by atoms with Gasteiger partial charge in [0.2, 0.25) is 0 Å². The Morgan fingerprint density at radius 2 is 1.13 bits per heavy atom. The zero-order chi connectivity index (χ0) is 20.4. The molecule has 4 aromatic rings. The van der Waals surface area contributed by atoms with Crippen molar-refractivity contribution in [2.24, 2.45) is 0 Å². The van der Waals surface area contributed by atoms with E-state index >= 15 is 0 Å². The van der Waals surface area contributed by atoms with Crippen LogP contribution in [0.15, 0.2) is 109 Å². The van der Waals surface area contributed by atoms with E-state index in [0.29, 0.717) is 0 Å². The molecule has 0 spiro atoms. The zero-order valence-electron chi connectivity index (χ0n) is 17.7. The molecular formula is C28H28BrNO. The van der Waals surface area contributed by atoms with Gasteiger partial charge < -0.3 is 21.7 Å². The van der Waals surface area contributed by atoms with E-state index in [0.717, 1.165) is 38.2 Å². The van der Waals surface area contributed by atoms with Crippen LogP contribution in [0, 0.1) is 0 Å². The Morgan fingerprint density at radius 3 is 1.77 bits per heavy atom. The second-order valence-corrected chi connectivity index (χ2v) is 7.52. The van der Waals surface area contributed by atoms with E-state index in [4.69, 9.17) is 4.74 Å². The number of halogens is 1. The Kier molecular flexibility index (Phi) is 8.86. The van der Waals surface area contributed by atoms with Crippen LogP contribution < -0.4 is 26.3 Å². The van der Waals surface area contributed by atoms with Gasteiger partial charge in [0.15, 0.2) is 18.9 Å². The molecule has 0 radical (unpaired) electrons. The minimum atomic E-state index is 0. The average Bonchev–Trinajstić information content (AvgIpc) is 2.83. The average molecular weight is 474 g/mol. The molecule has 0 aliphatic carbocycles. The van der Waals surface area contributed by atoms with Gasteiger partial charge in [-0.15, -0.1) is 0 Å². The number of hydrogen-bond acceptors (Lipinski definition) is 1. The van der Waals surface area contributed by atoms with Crippen molar-refractivity contribution in [2.75, 3.05) is 6.61 Å². The highest BCUT2D eigenvalue weighted by atomic mass is 79.9. The fraction of sp³-hybridized carbons (Fsp3) is 0.179. The lowest BCUT2D eigenvalue weighted by atomic mass is 10.0. The van der Waals surface area contributed by atoms with Crippen LogP contribution in [0.1, 0.15) is 17.5 Å². The van der Waals surface area contributed by atoms with Crippen molar-refractivity contribution in [3.63, 3.8) is 0 Å². The summed E-state index contributed by atoms with van der Waals surface area (Å²) in [5, 5.41) is 0. The summed E-state index contributed by atoms with van der Waals surface area (Å²) in [5.41, 5.74) is 5.23. The van der Waals surface area contributed by atoms with E-state index in [-0.39, 0.29) is 17.0 Å². The third-order valence-electron chi connectivity index (χ3n) is 5.30. The zero-order valence-corrected chi connectivity index (χ0v) is 19.2. The molecule has 3 aromatic carbocycles. The molecule has 2 nitrogen and oxygen atoms in total. The van der Waals surface area contributed by atoms with E-state index in [1.54, 1.807) is 0 Å². The van der Waals surface area contributed by atoms with Gasteiger partial charge in [-0.3, -0.25) is 0 Å². The quantitative estimate of drug-likeness (QED) is 0.269. The molecule has 31 heavy (non-hydrogen) atoms. The lowest BCUT2D eigenvalue weighted by Crippen LogP contribution is -3.00. The number of aryl methyl sites for hydroxylation is 3. The Hall–Kier alpha value is -2.91. The summed E-state index contributed by atoms with van der Waals surface area (Å²) in [6.45, 7) is 1.67. The molecule has 0 amide bonds. The van der Waals surface area contributed by atoms with Crippen molar-refractivity contribution in [1.29, 1.82) is 0 Å². The topological polar surface area (TPSA) is 13.1 Å². The van der Waals surface area contributed by atoms with Crippen LogP contribution in [0.25, 0.3) is 11.1 Å². The molecule has 158 valence electrons. The minimum absolute atomic E-state index is 0. The first kappa shape index (κ1) is 22.8. The van der Waals surface area contributed by atoms with Crippen molar-refractivity contribution in [3.8, 4) is 16.9 Å². The van der Waals surface area contributed by atoms with E-state index in [1.165, 1.54) is 22.3 Å². The molecule has 0 fully saturated rings. The van der Waals surface area contributed by atoms with Gasteiger partial charge in [0.05, 0.1) is 6.61 Å². The Bertz CT molecular complexity index is 1020. The van der Waals surface area contributed by atoms with Gasteiger partial charge in [-0.2, -0.15) is 0 Å². The first-order valence-corrected chi connectivity index (χ1v) is 10.7. The van der Waals surface area contributed by atoms with Gasteiger partial charge in [-0.05, 0) is 47.2 Å².